The van der Waals surface area contributed by atoms with Crippen LogP contribution >= 0.6 is 0 Å². The van der Waals surface area contributed by atoms with Gasteiger partial charge in [0.2, 0.25) is 5.82 Å². The van der Waals surface area contributed by atoms with Gasteiger partial charge in [-0.1, -0.05) is 30.3 Å². The summed E-state index contributed by atoms with van der Waals surface area (Å²) in [5.74, 6) is -3.93. The third kappa shape index (κ3) is 4.78. The van der Waals surface area contributed by atoms with Crippen molar-refractivity contribution in [1.29, 1.82) is 0 Å². The minimum Gasteiger partial charge on any atom is -0.454 e. The van der Waals surface area contributed by atoms with Crippen molar-refractivity contribution in [2.45, 2.75) is 12.7 Å². The van der Waals surface area contributed by atoms with E-state index in [1.807, 2.05) is 5.32 Å². The number of esters is 1. The van der Waals surface area contributed by atoms with Crippen LogP contribution in [0.5, 0.6) is 0 Å². The predicted molar refractivity (Wildman–Crippen MR) is 94.6 cm³/mol. The fourth-order valence-electron chi connectivity index (χ4n) is 2.60. The van der Waals surface area contributed by atoms with Gasteiger partial charge in [-0.25, -0.2) is 4.98 Å². The molecule has 10 heteroatoms. The summed E-state index contributed by atoms with van der Waals surface area (Å²) in [5, 5.41) is 2.02. The number of hydrogen-bond acceptors (Lipinski definition) is 5. The maximum atomic E-state index is 13.2. The summed E-state index contributed by atoms with van der Waals surface area (Å²) in [4.78, 5) is 39.1. The molecule has 0 fully saturated rings. The third-order valence-electron chi connectivity index (χ3n) is 3.85. The number of para-hydroxylation sites is 2. The van der Waals surface area contributed by atoms with E-state index in [4.69, 9.17) is 4.74 Å². The monoisotopic (exact) mass is 405 g/mol. The Morgan fingerprint density at radius 2 is 1.66 bits per heavy atom. The van der Waals surface area contributed by atoms with Crippen LogP contribution in [0.25, 0.3) is 11.0 Å². The van der Waals surface area contributed by atoms with Crippen LogP contribution in [0.15, 0.2) is 54.6 Å². The minimum absolute atomic E-state index is 0.0684. The van der Waals surface area contributed by atoms with Gasteiger partial charge in [-0.05, 0) is 24.3 Å². The summed E-state index contributed by atoms with van der Waals surface area (Å²) in [6.45, 7) is -1.61. The molecule has 0 saturated heterocycles. The number of carbonyl (C=O) groups is 3. The molecule has 1 N–H and O–H groups in total. The van der Waals surface area contributed by atoms with E-state index in [1.165, 1.54) is 36.4 Å². The molecule has 150 valence electrons. The second-order valence-corrected chi connectivity index (χ2v) is 5.91. The van der Waals surface area contributed by atoms with E-state index < -0.39 is 42.9 Å². The number of alkyl halides is 3. The third-order valence-corrected chi connectivity index (χ3v) is 3.85. The smallest absolute Gasteiger partial charge is 0.449 e. The Morgan fingerprint density at radius 3 is 2.34 bits per heavy atom. The van der Waals surface area contributed by atoms with Gasteiger partial charge in [-0.15, -0.1) is 0 Å². The van der Waals surface area contributed by atoms with E-state index >= 15 is 0 Å². The standard InChI is InChI=1S/C19H14F3N3O4/c20-19(21,22)18-23-13-8-4-5-9-14(13)25(18)10-16(27)29-11-15(26)24-17(28)12-6-2-1-3-7-12/h1-9H,10-11H2,(H,24,26,28). The first-order valence-electron chi connectivity index (χ1n) is 8.33. The Labute approximate surface area is 162 Å². The highest BCUT2D eigenvalue weighted by Gasteiger charge is 2.38. The summed E-state index contributed by atoms with van der Waals surface area (Å²) in [5.41, 5.74) is 0.395. The van der Waals surface area contributed by atoms with Gasteiger partial charge in [-0.3, -0.25) is 19.7 Å². The van der Waals surface area contributed by atoms with Gasteiger partial charge >= 0.3 is 12.1 Å². The first kappa shape index (κ1) is 20.1. The van der Waals surface area contributed by atoms with E-state index in [0.717, 1.165) is 0 Å². The molecule has 2 aromatic carbocycles. The molecule has 0 aliphatic carbocycles. The zero-order valence-corrected chi connectivity index (χ0v) is 14.8. The van der Waals surface area contributed by atoms with Crippen LogP contribution in [-0.2, 0) is 27.0 Å². The summed E-state index contributed by atoms with van der Waals surface area (Å²) >= 11 is 0. The number of amides is 2. The summed E-state index contributed by atoms with van der Waals surface area (Å²) < 4.78 is 45.0. The molecule has 0 radical (unpaired) electrons. The van der Waals surface area contributed by atoms with Crippen molar-refractivity contribution in [2.24, 2.45) is 0 Å². The van der Waals surface area contributed by atoms with Crippen molar-refractivity contribution in [2.75, 3.05) is 6.61 Å². The Hall–Kier alpha value is -3.69. The topological polar surface area (TPSA) is 90.3 Å². The lowest BCUT2D eigenvalue weighted by molar-refractivity contribution is -0.153. The fraction of sp³-hybridized carbons (Fsp3) is 0.158. The average Bonchev–Trinajstić information content (AvgIpc) is 3.06. The van der Waals surface area contributed by atoms with E-state index in [0.29, 0.717) is 4.57 Å². The highest BCUT2D eigenvalue weighted by molar-refractivity contribution is 6.05. The highest BCUT2D eigenvalue weighted by Crippen LogP contribution is 2.31. The molecule has 3 aromatic rings. The highest BCUT2D eigenvalue weighted by atomic mass is 19.4. The lowest BCUT2D eigenvalue weighted by Crippen LogP contribution is -2.34. The van der Waals surface area contributed by atoms with Crippen LogP contribution < -0.4 is 5.32 Å². The molecular formula is C19H14F3N3O4. The molecule has 1 heterocycles. The summed E-state index contributed by atoms with van der Waals surface area (Å²) in [6.07, 6.45) is -4.78. The Kier molecular flexibility index (Phi) is 5.62. The minimum atomic E-state index is -4.78. The molecule has 29 heavy (non-hydrogen) atoms. The van der Waals surface area contributed by atoms with Crippen molar-refractivity contribution in [3.8, 4) is 0 Å². The second kappa shape index (κ2) is 8.13. The Balaban J connectivity index is 1.64. The number of ether oxygens (including phenoxy) is 1. The van der Waals surface area contributed by atoms with Gasteiger partial charge in [0, 0.05) is 5.56 Å². The first-order chi connectivity index (χ1) is 13.8. The second-order valence-electron chi connectivity index (χ2n) is 5.91. The van der Waals surface area contributed by atoms with E-state index in [2.05, 4.69) is 4.98 Å². The van der Waals surface area contributed by atoms with Crippen LogP contribution in [0.4, 0.5) is 13.2 Å². The van der Waals surface area contributed by atoms with Crippen molar-refractivity contribution in [1.82, 2.24) is 14.9 Å². The molecule has 3 rings (SSSR count). The molecular weight excluding hydrogens is 391 g/mol. The Morgan fingerprint density at radius 1 is 1.00 bits per heavy atom. The number of nitrogens with zero attached hydrogens (tertiary/aromatic N) is 2. The average molecular weight is 405 g/mol. The molecule has 0 unspecified atom stereocenters. The number of imide groups is 1. The van der Waals surface area contributed by atoms with Gasteiger partial charge in [0.15, 0.2) is 6.61 Å². The van der Waals surface area contributed by atoms with E-state index in [-0.39, 0.29) is 16.6 Å². The van der Waals surface area contributed by atoms with Crippen LogP contribution in [0.3, 0.4) is 0 Å². The lowest BCUT2D eigenvalue weighted by atomic mass is 10.2. The molecule has 0 atom stereocenters. The SMILES string of the molecule is O=C(COC(=O)Cn1c(C(F)(F)F)nc2ccccc21)NC(=O)c1ccccc1. The number of rotatable bonds is 5. The molecule has 7 nitrogen and oxygen atoms in total. The quantitative estimate of drug-likeness (QED) is 0.659. The van der Waals surface area contributed by atoms with Gasteiger partial charge in [0.1, 0.15) is 6.54 Å². The maximum Gasteiger partial charge on any atom is 0.449 e. The molecule has 2 amide bonds. The number of imidazole rings is 1. The number of carbonyl (C=O) groups excluding carboxylic acids is 3. The number of hydrogen-bond donors (Lipinski definition) is 1. The molecule has 0 aliphatic rings. The molecule has 0 bridgehead atoms. The van der Waals surface area contributed by atoms with Crippen molar-refractivity contribution in [3.63, 3.8) is 0 Å². The summed E-state index contributed by atoms with van der Waals surface area (Å²) in [7, 11) is 0. The van der Waals surface area contributed by atoms with Gasteiger partial charge in [-0.2, -0.15) is 13.2 Å². The molecule has 0 spiro atoms. The lowest BCUT2D eigenvalue weighted by Gasteiger charge is -2.11. The normalized spacial score (nSPS) is 11.3. The Bertz CT molecular complexity index is 1060. The van der Waals surface area contributed by atoms with Crippen molar-refractivity contribution >= 4 is 28.8 Å². The van der Waals surface area contributed by atoms with Crippen LogP contribution in [-0.4, -0.2) is 33.9 Å². The van der Waals surface area contributed by atoms with Crippen LogP contribution in [0.1, 0.15) is 16.2 Å². The van der Waals surface area contributed by atoms with Gasteiger partial charge in [0.05, 0.1) is 11.0 Å². The maximum absolute atomic E-state index is 13.2. The van der Waals surface area contributed by atoms with E-state index in [9.17, 15) is 27.6 Å². The van der Waals surface area contributed by atoms with Gasteiger partial charge < -0.3 is 9.30 Å². The molecule has 1 aromatic heterocycles. The predicted octanol–water partition coefficient (Wildman–Crippen LogP) is 2.55. The largest absolute Gasteiger partial charge is 0.454 e. The zero-order chi connectivity index (χ0) is 21.0. The van der Waals surface area contributed by atoms with Crippen molar-refractivity contribution < 1.29 is 32.3 Å². The summed E-state index contributed by atoms with van der Waals surface area (Å²) in [6, 6.07) is 13.7. The zero-order valence-electron chi connectivity index (χ0n) is 14.8. The fourth-order valence-corrected chi connectivity index (χ4v) is 2.60. The molecule has 0 saturated carbocycles. The van der Waals surface area contributed by atoms with Gasteiger partial charge in [0.25, 0.3) is 11.8 Å². The first-order valence-corrected chi connectivity index (χ1v) is 8.33. The number of benzene rings is 2. The molecule has 0 aliphatic heterocycles. The van der Waals surface area contributed by atoms with Crippen LogP contribution in [0.2, 0.25) is 0 Å². The number of nitrogens with one attached hydrogen (secondary N) is 1. The van der Waals surface area contributed by atoms with E-state index in [1.54, 1.807) is 18.2 Å². The van der Waals surface area contributed by atoms with Crippen molar-refractivity contribution in [3.05, 3.63) is 66.0 Å². The number of halogens is 3. The number of fused-ring (bicyclic) bond motifs is 1. The number of aromatic nitrogens is 2. The van der Waals surface area contributed by atoms with Crippen LogP contribution in [0, 0.1) is 0 Å².